The van der Waals surface area contributed by atoms with Crippen molar-refractivity contribution in [3.63, 3.8) is 0 Å². The molecule has 2 rings (SSSR count). The second-order valence-corrected chi connectivity index (χ2v) is 5.96. The lowest BCUT2D eigenvalue weighted by molar-refractivity contribution is -0.122. The van der Waals surface area contributed by atoms with Gasteiger partial charge in [-0.2, -0.15) is 0 Å². The zero-order valence-electron chi connectivity index (χ0n) is 15.1. The van der Waals surface area contributed by atoms with E-state index in [4.69, 9.17) is 4.74 Å². The van der Waals surface area contributed by atoms with E-state index in [1.807, 2.05) is 39.0 Å². The Balaban J connectivity index is 2.05. The Morgan fingerprint density at radius 3 is 2.60 bits per heavy atom. The summed E-state index contributed by atoms with van der Waals surface area (Å²) in [5.41, 5.74) is 3.11. The molecule has 0 spiro atoms. The fourth-order valence-electron chi connectivity index (χ4n) is 2.32. The average Bonchev–Trinajstić information content (AvgIpc) is 2.58. The molecule has 0 aromatic heterocycles. The standard InChI is InChI=1S/C20H24N2O3/c1-5-21-20(24)16-7-6-8-17(12-16)22-19(23)15(4)25-18-11-13(2)9-10-14(18)3/h6-12,15H,5H2,1-4H3,(H,21,24)(H,22,23). The van der Waals surface area contributed by atoms with Crippen molar-refractivity contribution in [3.8, 4) is 5.75 Å². The van der Waals surface area contributed by atoms with Gasteiger partial charge in [0.1, 0.15) is 5.75 Å². The van der Waals surface area contributed by atoms with Gasteiger partial charge in [-0.3, -0.25) is 9.59 Å². The number of hydrogen-bond donors (Lipinski definition) is 2. The number of benzene rings is 2. The van der Waals surface area contributed by atoms with Crippen LogP contribution >= 0.6 is 0 Å². The molecule has 1 unspecified atom stereocenters. The fraction of sp³-hybridized carbons (Fsp3) is 0.300. The first-order valence-electron chi connectivity index (χ1n) is 8.33. The van der Waals surface area contributed by atoms with Crippen LogP contribution in [0.25, 0.3) is 0 Å². The molecule has 0 bridgehead atoms. The van der Waals surface area contributed by atoms with Gasteiger partial charge in [0.05, 0.1) is 0 Å². The smallest absolute Gasteiger partial charge is 0.265 e. The summed E-state index contributed by atoms with van der Waals surface area (Å²) in [5, 5.41) is 5.52. The number of carbonyl (C=O) groups is 2. The van der Waals surface area contributed by atoms with E-state index < -0.39 is 6.10 Å². The molecular formula is C20H24N2O3. The van der Waals surface area contributed by atoms with Gasteiger partial charge in [0, 0.05) is 17.8 Å². The first kappa shape index (κ1) is 18.5. The topological polar surface area (TPSA) is 67.4 Å². The van der Waals surface area contributed by atoms with E-state index in [0.717, 1.165) is 11.1 Å². The Labute approximate surface area is 148 Å². The van der Waals surface area contributed by atoms with E-state index in [9.17, 15) is 9.59 Å². The van der Waals surface area contributed by atoms with Gasteiger partial charge in [-0.15, -0.1) is 0 Å². The van der Waals surface area contributed by atoms with Gasteiger partial charge in [-0.05, 0) is 63.1 Å². The summed E-state index contributed by atoms with van der Waals surface area (Å²) in [7, 11) is 0. The molecule has 132 valence electrons. The lowest BCUT2D eigenvalue weighted by Crippen LogP contribution is -2.30. The minimum atomic E-state index is -0.659. The highest BCUT2D eigenvalue weighted by molar-refractivity contribution is 5.98. The molecule has 0 saturated heterocycles. The molecule has 0 saturated carbocycles. The molecule has 0 aliphatic heterocycles. The normalized spacial score (nSPS) is 11.5. The Hall–Kier alpha value is -2.82. The zero-order chi connectivity index (χ0) is 18.4. The number of carbonyl (C=O) groups excluding carboxylic acids is 2. The van der Waals surface area contributed by atoms with Crippen molar-refractivity contribution in [2.24, 2.45) is 0 Å². The number of rotatable bonds is 6. The predicted octanol–water partition coefficient (Wildman–Crippen LogP) is 3.46. The fourth-order valence-corrected chi connectivity index (χ4v) is 2.32. The van der Waals surface area contributed by atoms with Crippen LogP contribution in [0.3, 0.4) is 0 Å². The van der Waals surface area contributed by atoms with E-state index in [1.54, 1.807) is 31.2 Å². The number of hydrogen-bond acceptors (Lipinski definition) is 3. The molecular weight excluding hydrogens is 316 g/mol. The van der Waals surface area contributed by atoms with Crippen LogP contribution in [0.1, 0.15) is 35.3 Å². The van der Waals surface area contributed by atoms with E-state index in [-0.39, 0.29) is 11.8 Å². The first-order chi connectivity index (χ1) is 11.9. The maximum Gasteiger partial charge on any atom is 0.265 e. The Morgan fingerprint density at radius 2 is 1.88 bits per heavy atom. The highest BCUT2D eigenvalue weighted by Crippen LogP contribution is 2.21. The van der Waals surface area contributed by atoms with Crippen LogP contribution in [0.4, 0.5) is 5.69 Å². The van der Waals surface area contributed by atoms with E-state index in [2.05, 4.69) is 10.6 Å². The van der Waals surface area contributed by atoms with Crippen LogP contribution in [0.2, 0.25) is 0 Å². The molecule has 0 heterocycles. The van der Waals surface area contributed by atoms with Gasteiger partial charge in [0.2, 0.25) is 0 Å². The monoisotopic (exact) mass is 340 g/mol. The van der Waals surface area contributed by atoms with Crippen molar-refractivity contribution in [1.82, 2.24) is 5.32 Å². The van der Waals surface area contributed by atoms with E-state index in [1.165, 1.54) is 0 Å². The third-order valence-corrected chi connectivity index (χ3v) is 3.75. The van der Waals surface area contributed by atoms with Crippen molar-refractivity contribution >= 4 is 17.5 Å². The number of aryl methyl sites for hydroxylation is 2. The number of amides is 2. The van der Waals surface area contributed by atoms with Crippen molar-refractivity contribution in [3.05, 3.63) is 59.2 Å². The van der Waals surface area contributed by atoms with Gasteiger partial charge >= 0.3 is 0 Å². The molecule has 2 aromatic rings. The largest absolute Gasteiger partial charge is 0.481 e. The molecule has 2 N–H and O–H groups in total. The third-order valence-electron chi connectivity index (χ3n) is 3.75. The second-order valence-electron chi connectivity index (χ2n) is 5.96. The number of ether oxygens (including phenoxy) is 1. The summed E-state index contributed by atoms with van der Waals surface area (Å²) in [5.74, 6) is 0.256. The van der Waals surface area contributed by atoms with Crippen LogP contribution in [-0.4, -0.2) is 24.5 Å². The maximum atomic E-state index is 12.4. The lowest BCUT2D eigenvalue weighted by atomic mass is 10.1. The van der Waals surface area contributed by atoms with Crippen molar-refractivity contribution in [1.29, 1.82) is 0 Å². The van der Waals surface area contributed by atoms with Crippen molar-refractivity contribution in [2.45, 2.75) is 33.8 Å². The first-order valence-corrected chi connectivity index (χ1v) is 8.33. The summed E-state index contributed by atoms with van der Waals surface area (Å²) >= 11 is 0. The Kier molecular flexibility index (Phi) is 6.17. The molecule has 0 aliphatic rings. The molecule has 0 aliphatic carbocycles. The van der Waals surface area contributed by atoms with Crippen LogP contribution < -0.4 is 15.4 Å². The number of anilines is 1. The van der Waals surface area contributed by atoms with Crippen LogP contribution in [0, 0.1) is 13.8 Å². The minimum Gasteiger partial charge on any atom is -0.481 e. The van der Waals surface area contributed by atoms with E-state index >= 15 is 0 Å². The molecule has 0 fully saturated rings. The number of nitrogens with one attached hydrogen (secondary N) is 2. The van der Waals surface area contributed by atoms with Gasteiger partial charge < -0.3 is 15.4 Å². The molecule has 5 heteroatoms. The molecule has 1 atom stereocenters. The van der Waals surface area contributed by atoms with E-state index in [0.29, 0.717) is 23.5 Å². The summed E-state index contributed by atoms with van der Waals surface area (Å²) in [4.78, 5) is 24.3. The highest BCUT2D eigenvalue weighted by atomic mass is 16.5. The predicted molar refractivity (Wildman–Crippen MR) is 99.1 cm³/mol. The van der Waals surface area contributed by atoms with Crippen molar-refractivity contribution in [2.75, 3.05) is 11.9 Å². The zero-order valence-corrected chi connectivity index (χ0v) is 15.1. The van der Waals surface area contributed by atoms with Gasteiger partial charge in [0.15, 0.2) is 6.10 Å². The maximum absolute atomic E-state index is 12.4. The molecule has 25 heavy (non-hydrogen) atoms. The highest BCUT2D eigenvalue weighted by Gasteiger charge is 2.16. The average molecular weight is 340 g/mol. The Bertz CT molecular complexity index is 771. The summed E-state index contributed by atoms with van der Waals surface area (Å²) in [6.45, 7) is 8.02. The second kappa shape index (κ2) is 8.33. The third kappa shape index (κ3) is 5.08. The summed E-state index contributed by atoms with van der Waals surface area (Å²) in [6.07, 6.45) is -0.659. The molecule has 2 amide bonds. The van der Waals surface area contributed by atoms with Gasteiger partial charge in [-0.1, -0.05) is 18.2 Å². The Morgan fingerprint density at radius 1 is 1.12 bits per heavy atom. The minimum absolute atomic E-state index is 0.168. The quantitative estimate of drug-likeness (QED) is 0.846. The molecule has 0 radical (unpaired) electrons. The summed E-state index contributed by atoms with van der Waals surface area (Å²) in [6, 6.07) is 12.7. The molecule has 2 aromatic carbocycles. The van der Waals surface area contributed by atoms with Crippen LogP contribution in [-0.2, 0) is 4.79 Å². The van der Waals surface area contributed by atoms with Gasteiger partial charge in [-0.25, -0.2) is 0 Å². The lowest BCUT2D eigenvalue weighted by Gasteiger charge is -2.17. The SMILES string of the molecule is CCNC(=O)c1cccc(NC(=O)C(C)Oc2cc(C)ccc2C)c1. The van der Waals surface area contributed by atoms with Crippen LogP contribution in [0.15, 0.2) is 42.5 Å². The van der Waals surface area contributed by atoms with Gasteiger partial charge in [0.25, 0.3) is 11.8 Å². The molecule has 5 nitrogen and oxygen atoms in total. The van der Waals surface area contributed by atoms with Crippen molar-refractivity contribution < 1.29 is 14.3 Å². The summed E-state index contributed by atoms with van der Waals surface area (Å²) < 4.78 is 5.78. The van der Waals surface area contributed by atoms with Crippen LogP contribution in [0.5, 0.6) is 5.75 Å².